The minimum absolute atomic E-state index is 0.0135. The van der Waals surface area contributed by atoms with Crippen LogP contribution in [0.1, 0.15) is 10.4 Å². The van der Waals surface area contributed by atoms with Crippen LogP contribution >= 0.6 is 22.6 Å². The first-order chi connectivity index (χ1) is 9.11. The lowest BCUT2D eigenvalue weighted by Gasteiger charge is -2.08. The van der Waals surface area contributed by atoms with Crippen LogP contribution in [0.5, 0.6) is 5.75 Å². The topological polar surface area (TPSA) is 38.3 Å². The van der Waals surface area contributed by atoms with Gasteiger partial charge in [0.2, 0.25) is 0 Å². The highest BCUT2D eigenvalue weighted by molar-refractivity contribution is 14.1. The maximum atomic E-state index is 13.7. The monoisotopic (exact) mass is 371 g/mol. The lowest BCUT2D eigenvalue weighted by Crippen LogP contribution is -2.14. The molecule has 1 N–H and O–H groups in total. The molecule has 19 heavy (non-hydrogen) atoms. The molecule has 0 unspecified atom stereocenters. The third-order valence-corrected chi connectivity index (χ3v) is 3.48. The standard InChI is InChI=1S/C14H11FINO2/c1-19-9-6-7-10(11(15)8-9)14(18)17-13-5-3-2-4-12(13)16/h2-8H,1H3,(H,17,18). The number of carbonyl (C=O) groups is 1. The van der Waals surface area contributed by atoms with Gasteiger partial charge < -0.3 is 10.1 Å². The molecule has 2 aromatic carbocycles. The van der Waals surface area contributed by atoms with E-state index in [9.17, 15) is 9.18 Å². The number of hydrogen-bond donors (Lipinski definition) is 1. The molecule has 0 spiro atoms. The fourth-order valence-electron chi connectivity index (χ4n) is 1.56. The lowest BCUT2D eigenvalue weighted by molar-refractivity contribution is 0.102. The first-order valence-corrected chi connectivity index (χ1v) is 6.59. The Morgan fingerprint density at radius 2 is 2.00 bits per heavy atom. The van der Waals surface area contributed by atoms with Crippen LogP contribution in [0.4, 0.5) is 10.1 Å². The van der Waals surface area contributed by atoms with E-state index in [4.69, 9.17) is 4.74 Å². The number of ether oxygens (including phenoxy) is 1. The molecule has 0 aliphatic carbocycles. The van der Waals surface area contributed by atoms with Crippen molar-refractivity contribution in [2.45, 2.75) is 0 Å². The number of benzene rings is 2. The van der Waals surface area contributed by atoms with Crippen LogP contribution in [0.2, 0.25) is 0 Å². The van der Waals surface area contributed by atoms with Crippen molar-refractivity contribution >= 4 is 34.2 Å². The highest BCUT2D eigenvalue weighted by atomic mass is 127. The quantitative estimate of drug-likeness (QED) is 0.836. The van der Waals surface area contributed by atoms with Gasteiger partial charge in [0.1, 0.15) is 11.6 Å². The van der Waals surface area contributed by atoms with Gasteiger partial charge in [0, 0.05) is 9.64 Å². The summed E-state index contributed by atoms with van der Waals surface area (Å²) in [4.78, 5) is 12.0. The smallest absolute Gasteiger partial charge is 0.258 e. The van der Waals surface area contributed by atoms with Gasteiger partial charge in [-0.05, 0) is 46.9 Å². The van der Waals surface area contributed by atoms with E-state index in [0.717, 1.165) is 3.57 Å². The third-order valence-electron chi connectivity index (χ3n) is 2.54. The first kappa shape index (κ1) is 13.8. The third kappa shape index (κ3) is 3.23. The van der Waals surface area contributed by atoms with E-state index in [1.165, 1.54) is 19.2 Å². The number of methoxy groups -OCH3 is 1. The van der Waals surface area contributed by atoms with E-state index in [2.05, 4.69) is 27.9 Å². The summed E-state index contributed by atoms with van der Waals surface area (Å²) < 4.78 is 19.5. The van der Waals surface area contributed by atoms with E-state index in [1.807, 2.05) is 18.2 Å². The van der Waals surface area contributed by atoms with Gasteiger partial charge >= 0.3 is 0 Å². The summed E-state index contributed by atoms with van der Waals surface area (Å²) in [6.07, 6.45) is 0. The Balaban J connectivity index is 2.23. The Kier molecular flexibility index (Phi) is 4.36. The van der Waals surface area contributed by atoms with Crippen LogP contribution in [-0.4, -0.2) is 13.0 Å². The van der Waals surface area contributed by atoms with E-state index in [0.29, 0.717) is 11.4 Å². The number of carbonyl (C=O) groups excluding carboxylic acids is 1. The van der Waals surface area contributed by atoms with Gasteiger partial charge in [-0.15, -0.1) is 0 Å². The average Bonchev–Trinajstić information content (AvgIpc) is 2.41. The highest BCUT2D eigenvalue weighted by Crippen LogP contribution is 2.20. The molecular formula is C14H11FINO2. The Labute approximate surface area is 123 Å². The second kappa shape index (κ2) is 6.01. The molecule has 0 aromatic heterocycles. The molecule has 98 valence electrons. The van der Waals surface area contributed by atoms with Crippen molar-refractivity contribution in [3.8, 4) is 5.75 Å². The molecule has 3 nitrogen and oxygen atoms in total. The van der Waals surface area contributed by atoms with E-state index >= 15 is 0 Å². The minimum atomic E-state index is -0.609. The fourth-order valence-corrected chi connectivity index (χ4v) is 2.08. The van der Waals surface area contributed by atoms with Crippen molar-refractivity contribution in [2.24, 2.45) is 0 Å². The van der Waals surface area contributed by atoms with Crippen molar-refractivity contribution in [3.05, 3.63) is 57.4 Å². The molecule has 1 amide bonds. The maximum absolute atomic E-state index is 13.7. The van der Waals surface area contributed by atoms with Crippen LogP contribution in [0.15, 0.2) is 42.5 Å². The normalized spacial score (nSPS) is 10.1. The van der Waals surface area contributed by atoms with E-state index in [-0.39, 0.29) is 5.56 Å². The molecule has 0 radical (unpaired) electrons. The Bertz CT molecular complexity index is 616. The Hall–Kier alpha value is -1.63. The Morgan fingerprint density at radius 1 is 1.26 bits per heavy atom. The second-order valence-corrected chi connectivity index (χ2v) is 4.94. The second-order valence-electron chi connectivity index (χ2n) is 3.78. The van der Waals surface area contributed by atoms with E-state index < -0.39 is 11.7 Å². The molecule has 0 saturated heterocycles. The SMILES string of the molecule is COc1ccc(C(=O)Nc2ccccc2I)c(F)c1. The van der Waals surface area contributed by atoms with Crippen LogP contribution in [0.25, 0.3) is 0 Å². The fraction of sp³-hybridized carbons (Fsp3) is 0.0714. The van der Waals surface area contributed by atoms with E-state index in [1.54, 1.807) is 12.1 Å². The minimum Gasteiger partial charge on any atom is -0.497 e. The summed E-state index contributed by atoms with van der Waals surface area (Å²) >= 11 is 2.10. The van der Waals surface area contributed by atoms with Gasteiger partial charge in [-0.3, -0.25) is 4.79 Å². The van der Waals surface area contributed by atoms with Crippen molar-refractivity contribution < 1.29 is 13.9 Å². The number of nitrogens with one attached hydrogen (secondary N) is 1. The molecule has 0 atom stereocenters. The number of para-hydroxylation sites is 1. The molecule has 0 heterocycles. The van der Waals surface area contributed by atoms with Crippen LogP contribution in [0, 0.1) is 9.39 Å². The number of hydrogen-bond acceptors (Lipinski definition) is 2. The summed E-state index contributed by atoms with van der Waals surface area (Å²) in [5, 5.41) is 2.68. The van der Waals surface area contributed by atoms with Crippen molar-refractivity contribution in [3.63, 3.8) is 0 Å². The molecule has 0 aliphatic rings. The molecule has 0 saturated carbocycles. The lowest BCUT2D eigenvalue weighted by atomic mass is 10.2. The summed E-state index contributed by atoms with van der Waals surface area (Å²) in [6.45, 7) is 0. The van der Waals surface area contributed by atoms with Gasteiger partial charge in [-0.25, -0.2) is 4.39 Å². The molecule has 5 heteroatoms. The zero-order valence-electron chi connectivity index (χ0n) is 10.1. The predicted octanol–water partition coefficient (Wildman–Crippen LogP) is 3.69. The van der Waals surface area contributed by atoms with Crippen LogP contribution < -0.4 is 10.1 Å². The van der Waals surface area contributed by atoms with Gasteiger partial charge in [0.15, 0.2) is 0 Å². The number of rotatable bonds is 3. The van der Waals surface area contributed by atoms with Crippen molar-refractivity contribution in [1.29, 1.82) is 0 Å². The van der Waals surface area contributed by atoms with Gasteiger partial charge in [-0.1, -0.05) is 12.1 Å². The number of halogens is 2. The predicted molar refractivity (Wildman–Crippen MR) is 80.1 cm³/mol. The van der Waals surface area contributed by atoms with Gasteiger partial charge in [-0.2, -0.15) is 0 Å². The number of anilines is 1. The summed E-state index contributed by atoms with van der Waals surface area (Å²) in [5.41, 5.74) is 0.642. The number of amides is 1. The van der Waals surface area contributed by atoms with Gasteiger partial charge in [0.05, 0.1) is 18.4 Å². The summed E-state index contributed by atoms with van der Waals surface area (Å²) in [6, 6.07) is 11.4. The van der Waals surface area contributed by atoms with Crippen molar-refractivity contribution in [1.82, 2.24) is 0 Å². The zero-order chi connectivity index (χ0) is 13.8. The average molecular weight is 371 g/mol. The Morgan fingerprint density at radius 3 is 2.63 bits per heavy atom. The molecule has 2 rings (SSSR count). The van der Waals surface area contributed by atoms with Crippen LogP contribution in [0.3, 0.4) is 0 Å². The molecule has 2 aromatic rings. The first-order valence-electron chi connectivity index (χ1n) is 5.51. The summed E-state index contributed by atoms with van der Waals surface area (Å²) in [5.74, 6) is -0.713. The highest BCUT2D eigenvalue weighted by Gasteiger charge is 2.13. The van der Waals surface area contributed by atoms with Crippen LogP contribution in [-0.2, 0) is 0 Å². The molecule has 0 aliphatic heterocycles. The molecule has 0 bridgehead atoms. The molecule has 0 fully saturated rings. The zero-order valence-corrected chi connectivity index (χ0v) is 12.3. The van der Waals surface area contributed by atoms with Gasteiger partial charge in [0.25, 0.3) is 5.91 Å². The summed E-state index contributed by atoms with van der Waals surface area (Å²) in [7, 11) is 1.45. The largest absolute Gasteiger partial charge is 0.497 e. The van der Waals surface area contributed by atoms with Crippen molar-refractivity contribution in [2.75, 3.05) is 12.4 Å². The molecular weight excluding hydrogens is 360 g/mol. The maximum Gasteiger partial charge on any atom is 0.258 e.